The van der Waals surface area contributed by atoms with Gasteiger partial charge < -0.3 is 5.32 Å². The fourth-order valence-corrected chi connectivity index (χ4v) is 2.97. The van der Waals surface area contributed by atoms with Crippen molar-refractivity contribution < 1.29 is 4.92 Å². The maximum absolute atomic E-state index is 10.7. The Balaban J connectivity index is 0.00000208. The summed E-state index contributed by atoms with van der Waals surface area (Å²) in [4.78, 5) is 17.0. The van der Waals surface area contributed by atoms with Gasteiger partial charge in [0.15, 0.2) is 0 Å². The predicted molar refractivity (Wildman–Crippen MR) is 95.5 cm³/mol. The van der Waals surface area contributed by atoms with E-state index in [9.17, 15) is 10.1 Å². The molecule has 1 atom stereocenters. The number of piperazine rings is 1. The minimum Gasteiger partial charge on any atom is -0.314 e. The van der Waals surface area contributed by atoms with Crippen molar-refractivity contribution in [2.75, 3.05) is 26.2 Å². The molecule has 0 saturated carbocycles. The lowest BCUT2D eigenvalue weighted by atomic mass is 10.0. The van der Waals surface area contributed by atoms with Crippen molar-refractivity contribution in [3.63, 3.8) is 0 Å². The number of nitrogens with one attached hydrogen (secondary N) is 1. The summed E-state index contributed by atoms with van der Waals surface area (Å²) in [6, 6.07) is 11.3. The molecule has 1 unspecified atom stereocenters. The molecule has 0 aliphatic carbocycles. The molecule has 2 aromatic rings. The van der Waals surface area contributed by atoms with E-state index >= 15 is 0 Å². The summed E-state index contributed by atoms with van der Waals surface area (Å²) in [7, 11) is 0. The van der Waals surface area contributed by atoms with Crippen LogP contribution in [0.3, 0.4) is 0 Å². The van der Waals surface area contributed by atoms with Gasteiger partial charge in [-0.2, -0.15) is 0 Å². The van der Waals surface area contributed by atoms with Crippen molar-refractivity contribution in [3.8, 4) is 0 Å². The second-order valence-electron chi connectivity index (χ2n) is 5.72. The summed E-state index contributed by atoms with van der Waals surface area (Å²) in [6.45, 7) is 3.83. The Morgan fingerprint density at radius 3 is 2.75 bits per heavy atom. The smallest absolute Gasteiger partial charge is 0.269 e. The lowest BCUT2D eigenvalue weighted by Gasteiger charge is -2.36. The summed E-state index contributed by atoms with van der Waals surface area (Å²) in [5, 5.41) is 14.1. The zero-order valence-corrected chi connectivity index (χ0v) is 14.1. The molecule has 1 aromatic carbocycles. The van der Waals surface area contributed by atoms with Crippen LogP contribution in [0.1, 0.15) is 17.2 Å². The number of non-ortho nitro benzene ring substituents is 1. The second kappa shape index (κ2) is 8.73. The average molecular weight is 349 g/mol. The van der Waals surface area contributed by atoms with Crippen LogP contribution in [0.15, 0.2) is 48.8 Å². The van der Waals surface area contributed by atoms with Crippen molar-refractivity contribution in [1.82, 2.24) is 15.2 Å². The van der Waals surface area contributed by atoms with Crippen molar-refractivity contribution in [3.05, 3.63) is 70.0 Å². The monoisotopic (exact) mass is 348 g/mol. The van der Waals surface area contributed by atoms with E-state index in [-0.39, 0.29) is 23.0 Å². The van der Waals surface area contributed by atoms with Gasteiger partial charge in [0.05, 0.1) is 4.92 Å². The third-order valence-corrected chi connectivity index (χ3v) is 4.26. The summed E-state index contributed by atoms with van der Waals surface area (Å²) in [5.74, 6) is 0. The average Bonchev–Trinajstić information content (AvgIpc) is 2.61. The number of aromatic nitrogens is 1. The molecule has 1 aliphatic heterocycles. The van der Waals surface area contributed by atoms with Gasteiger partial charge in [0.2, 0.25) is 0 Å². The van der Waals surface area contributed by atoms with Crippen LogP contribution in [0.2, 0.25) is 0 Å². The first-order valence-corrected chi connectivity index (χ1v) is 7.82. The molecule has 128 valence electrons. The Morgan fingerprint density at radius 2 is 2.08 bits per heavy atom. The predicted octanol–water partition coefficient (Wildman–Crippen LogP) is 2.60. The Morgan fingerprint density at radius 1 is 1.29 bits per heavy atom. The van der Waals surface area contributed by atoms with Gasteiger partial charge in [-0.05, 0) is 23.6 Å². The third-order valence-electron chi connectivity index (χ3n) is 4.26. The quantitative estimate of drug-likeness (QED) is 0.664. The van der Waals surface area contributed by atoms with Crippen molar-refractivity contribution in [2.45, 2.75) is 12.5 Å². The van der Waals surface area contributed by atoms with E-state index in [1.54, 1.807) is 18.3 Å². The molecule has 0 spiro atoms. The summed E-state index contributed by atoms with van der Waals surface area (Å²) < 4.78 is 0. The van der Waals surface area contributed by atoms with Crippen molar-refractivity contribution in [2.24, 2.45) is 0 Å². The fourth-order valence-electron chi connectivity index (χ4n) is 2.97. The molecule has 2 heterocycles. The van der Waals surface area contributed by atoms with Crippen molar-refractivity contribution in [1.29, 1.82) is 0 Å². The Kier molecular flexibility index (Phi) is 6.66. The molecule has 6 nitrogen and oxygen atoms in total. The number of benzene rings is 1. The Hall–Kier alpha value is -2.02. The molecule has 24 heavy (non-hydrogen) atoms. The van der Waals surface area contributed by atoms with Crippen LogP contribution in [0.4, 0.5) is 5.69 Å². The summed E-state index contributed by atoms with van der Waals surface area (Å²) >= 11 is 0. The number of rotatable bonds is 5. The standard InChI is InChI=1S/C17H20N4O2.ClH/c22-21(23)16-5-3-14(4-6-16)7-10-20-11-9-19-13-17(20)15-2-1-8-18-12-15;/h1-6,8,12,17,19H,7,9-11,13H2;1H. The number of halogens is 1. The van der Waals surface area contributed by atoms with Crippen LogP contribution in [0.5, 0.6) is 0 Å². The van der Waals surface area contributed by atoms with Gasteiger partial charge in [-0.25, -0.2) is 0 Å². The Labute approximate surface area is 147 Å². The van der Waals surface area contributed by atoms with E-state index < -0.39 is 0 Å². The van der Waals surface area contributed by atoms with E-state index in [1.165, 1.54) is 5.56 Å². The van der Waals surface area contributed by atoms with Gasteiger partial charge >= 0.3 is 0 Å². The summed E-state index contributed by atoms with van der Waals surface area (Å²) in [5.41, 5.74) is 2.49. The molecule has 1 fully saturated rings. The number of nitrogens with zero attached hydrogens (tertiary/aromatic N) is 3. The highest BCUT2D eigenvalue weighted by atomic mass is 35.5. The van der Waals surface area contributed by atoms with Crippen LogP contribution in [0, 0.1) is 10.1 Å². The van der Waals surface area contributed by atoms with E-state index in [0.717, 1.165) is 38.2 Å². The number of hydrogen-bond donors (Lipinski definition) is 1. The van der Waals surface area contributed by atoms with Crippen molar-refractivity contribution >= 4 is 18.1 Å². The van der Waals surface area contributed by atoms with Gasteiger partial charge in [-0.15, -0.1) is 12.4 Å². The number of nitro groups is 1. The minimum atomic E-state index is -0.363. The molecular formula is C17H21ClN4O2. The first-order valence-electron chi connectivity index (χ1n) is 7.82. The van der Waals surface area contributed by atoms with Crippen LogP contribution >= 0.6 is 12.4 Å². The maximum atomic E-state index is 10.7. The number of nitro benzene ring substituents is 1. The van der Waals surface area contributed by atoms with Crippen LogP contribution in [-0.2, 0) is 6.42 Å². The lowest BCUT2D eigenvalue weighted by Crippen LogP contribution is -2.46. The SMILES string of the molecule is Cl.O=[N+]([O-])c1ccc(CCN2CCNCC2c2cccnc2)cc1. The van der Waals surface area contributed by atoms with E-state index in [2.05, 4.69) is 21.3 Å². The van der Waals surface area contributed by atoms with Gasteiger partial charge in [0.25, 0.3) is 5.69 Å². The minimum absolute atomic E-state index is 0. The van der Waals surface area contributed by atoms with Gasteiger partial charge in [-0.3, -0.25) is 20.0 Å². The van der Waals surface area contributed by atoms with E-state index in [0.29, 0.717) is 6.04 Å². The zero-order chi connectivity index (χ0) is 16.1. The van der Waals surface area contributed by atoms with E-state index in [4.69, 9.17) is 0 Å². The third kappa shape index (κ3) is 4.50. The zero-order valence-electron chi connectivity index (χ0n) is 13.3. The maximum Gasteiger partial charge on any atom is 0.269 e. The molecule has 0 amide bonds. The summed E-state index contributed by atoms with van der Waals surface area (Å²) in [6.07, 6.45) is 4.60. The molecule has 0 bridgehead atoms. The van der Waals surface area contributed by atoms with Gasteiger partial charge in [-0.1, -0.05) is 18.2 Å². The van der Waals surface area contributed by atoms with Gasteiger partial charge in [0.1, 0.15) is 0 Å². The van der Waals surface area contributed by atoms with Crippen LogP contribution in [0.25, 0.3) is 0 Å². The highest BCUT2D eigenvalue weighted by Gasteiger charge is 2.23. The second-order valence-corrected chi connectivity index (χ2v) is 5.72. The molecule has 3 rings (SSSR count). The number of hydrogen-bond acceptors (Lipinski definition) is 5. The first kappa shape index (κ1) is 18.3. The Bertz CT molecular complexity index is 651. The molecular weight excluding hydrogens is 328 g/mol. The van der Waals surface area contributed by atoms with Gasteiger partial charge in [0, 0.05) is 56.7 Å². The normalized spacial score (nSPS) is 17.9. The van der Waals surface area contributed by atoms with E-state index in [1.807, 2.05) is 24.4 Å². The molecule has 1 saturated heterocycles. The molecule has 0 radical (unpaired) electrons. The lowest BCUT2D eigenvalue weighted by molar-refractivity contribution is -0.384. The largest absolute Gasteiger partial charge is 0.314 e. The molecule has 1 aliphatic rings. The van der Waals surface area contributed by atoms with Crippen LogP contribution < -0.4 is 5.32 Å². The highest BCUT2D eigenvalue weighted by molar-refractivity contribution is 5.85. The van der Waals surface area contributed by atoms with Crippen LogP contribution in [-0.4, -0.2) is 41.0 Å². The molecule has 1 N–H and O–H groups in total. The highest BCUT2D eigenvalue weighted by Crippen LogP contribution is 2.22. The fraction of sp³-hybridized carbons (Fsp3) is 0.353. The molecule has 7 heteroatoms. The number of pyridine rings is 1. The molecule has 1 aromatic heterocycles. The first-order chi connectivity index (χ1) is 11.2. The topological polar surface area (TPSA) is 71.3 Å².